The molecule has 144 valence electrons. The molecular formula is C24H26N2O2. The number of phenols is 2. The Labute approximate surface area is 166 Å². The average Bonchev–Trinajstić information content (AvgIpc) is 3.01. The first-order chi connectivity index (χ1) is 13.6. The molecule has 4 heteroatoms. The van der Waals surface area contributed by atoms with Gasteiger partial charge in [0.1, 0.15) is 11.5 Å². The number of hydrogen-bond acceptors (Lipinski definition) is 4. The van der Waals surface area contributed by atoms with Crippen LogP contribution in [0.1, 0.15) is 29.8 Å². The van der Waals surface area contributed by atoms with E-state index in [4.69, 9.17) is 0 Å². The van der Waals surface area contributed by atoms with E-state index in [9.17, 15) is 10.2 Å². The number of benzene rings is 3. The van der Waals surface area contributed by atoms with Gasteiger partial charge in [0.05, 0.1) is 6.17 Å². The summed E-state index contributed by atoms with van der Waals surface area (Å²) in [6.45, 7) is 4.46. The quantitative estimate of drug-likeness (QED) is 0.690. The lowest BCUT2D eigenvalue weighted by Crippen LogP contribution is -2.32. The lowest BCUT2D eigenvalue weighted by Gasteiger charge is -2.32. The minimum atomic E-state index is 0.0791. The summed E-state index contributed by atoms with van der Waals surface area (Å²) in [6, 6.07) is 25.9. The van der Waals surface area contributed by atoms with Crippen molar-refractivity contribution in [2.45, 2.75) is 32.2 Å². The molecule has 2 unspecified atom stereocenters. The summed E-state index contributed by atoms with van der Waals surface area (Å²) < 4.78 is 0. The Morgan fingerprint density at radius 1 is 0.750 bits per heavy atom. The van der Waals surface area contributed by atoms with Crippen molar-refractivity contribution in [2.24, 2.45) is 0 Å². The third kappa shape index (κ3) is 3.75. The van der Waals surface area contributed by atoms with Crippen molar-refractivity contribution in [1.29, 1.82) is 0 Å². The highest BCUT2D eigenvalue weighted by Crippen LogP contribution is 2.37. The lowest BCUT2D eigenvalue weighted by molar-refractivity contribution is 0.111. The maximum Gasteiger partial charge on any atom is 0.120 e. The Morgan fingerprint density at radius 2 is 1.29 bits per heavy atom. The number of para-hydroxylation sites is 2. The van der Waals surface area contributed by atoms with Crippen LogP contribution in [-0.2, 0) is 13.1 Å². The Morgan fingerprint density at radius 3 is 1.89 bits per heavy atom. The Hall–Kier alpha value is -2.82. The molecule has 2 atom stereocenters. The Kier molecular flexibility index (Phi) is 5.33. The molecule has 0 aliphatic carbocycles. The second-order valence-corrected chi connectivity index (χ2v) is 7.49. The van der Waals surface area contributed by atoms with Crippen LogP contribution in [0.15, 0.2) is 78.9 Å². The first kappa shape index (κ1) is 18.5. The van der Waals surface area contributed by atoms with Crippen molar-refractivity contribution in [3.63, 3.8) is 0 Å². The van der Waals surface area contributed by atoms with Gasteiger partial charge in [-0.15, -0.1) is 0 Å². The smallest absolute Gasteiger partial charge is 0.120 e. The van der Waals surface area contributed by atoms with Gasteiger partial charge < -0.3 is 10.2 Å². The molecule has 1 aliphatic heterocycles. The maximum absolute atomic E-state index is 10.3. The molecule has 0 spiro atoms. The molecule has 3 aromatic rings. The first-order valence-corrected chi connectivity index (χ1v) is 9.72. The molecule has 1 heterocycles. The zero-order chi connectivity index (χ0) is 19.5. The fourth-order valence-corrected chi connectivity index (χ4v) is 4.12. The van der Waals surface area contributed by atoms with Crippen molar-refractivity contribution in [1.82, 2.24) is 9.80 Å². The van der Waals surface area contributed by atoms with Crippen LogP contribution in [0.4, 0.5) is 0 Å². The summed E-state index contributed by atoms with van der Waals surface area (Å²) in [5.41, 5.74) is 3.08. The predicted molar refractivity (Wildman–Crippen MR) is 111 cm³/mol. The molecule has 0 bridgehead atoms. The molecule has 28 heavy (non-hydrogen) atoms. The van der Waals surface area contributed by atoms with E-state index < -0.39 is 0 Å². The summed E-state index contributed by atoms with van der Waals surface area (Å²) in [4.78, 5) is 4.82. The fourth-order valence-electron chi connectivity index (χ4n) is 4.12. The highest BCUT2D eigenvalue weighted by Gasteiger charge is 2.38. The van der Waals surface area contributed by atoms with Gasteiger partial charge >= 0.3 is 0 Å². The van der Waals surface area contributed by atoms with Crippen LogP contribution in [0.25, 0.3) is 0 Å². The molecular weight excluding hydrogens is 348 g/mol. The molecule has 4 nitrogen and oxygen atoms in total. The van der Waals surface area contributed by atoms with Crippen LogP contribution >= 0.6 is 0 Å². The second-order valence-electron chi connectivity index (χ2n) is 7.49. The summed E-state index contributed by atoms with van der Waals surface area (Å²) in [5.74, 6) is 0.668. The minimum Gasteiger partial charge on any atom is -0.508 e. The van der Waals surface area contributed by atoms with E-state index in [0.29, 0.717) is 30.6 Å². The predicted octanol–water partition coefficient (Wildman–Crippen LogP) is 4.50. The van der Waals surface area contributed by atoms with Gasteiger partial charge in [-0.1, -0.05) is 66.7 Å². The van der Waals surface area contributed by atoms with E-state index in [2.05, 4.69) is 41.0 Å². The summed E-state index contributed by atoms with van der Waals surface area (Å²) in [7, 11) is 0. The second kappa shape index (κ2) is 8.05. The van der Waals surface area contributed by atoms with Gasteiger partial charge in [-0.25, -0.2) is 0 Å². The SMILES string of the molecule is CC1CN(Cc2ccccc2O)C(c2ccccc2)N1Cc1ccccc1O. The normalized spacial score (nSPS) is 20.5. The van der Waals surface area contributed by atoms with Gasteiger partial charge in [-0.05, 0) is 24.6 Å². The van der Waals surface area contributed by atoms with E-state index in [0.717, 1.165) is 17.7 Å². The molecule has 2 N–H and O–H groups in total. The van der Waals surface area contributed by atoms with Crippen molar-refractivity contribution in [2.75, 3.05) is 6.54 Å². The van der Waals surface area contributed by atoms with Crippen LogP contribution in [0, 0.1) is 0 Å². The van der Waals surface area contributed by atoms with Crippen molar-refractivity contribution in [3.8, 4) is 11.5 Å². The van der Waals surface area contributed by atoms with E-state index in [1.165, 1.54) is 5.56 Å². The van der Waals surface area contributed by atoms with E-state index in [1.54, 1.807) is 12.1 Å². The van der Waals surface area contributed by atoms with Crippen LogP contribution in [0.2, 0.25) is 0 Å². The molecule has 1 saturated heterocycles. The third-order valence-electron chi connectivity index (χ3n) is 5.53. The number of aromatic hydroxyl groups is 2. The molecule has 0 radical (unpaired) electrons. The summed E-state index contributed by atoms with van der Waals surface area (Å²) in [6.07, 6.45) is 0.0791. The summed E-state index contributed by atoms with van der Waals surface area (Å²) >= 11 is 0. The average molecular weight is 374 g/mol. The minimum absolute atomic E-state index is 0.0791. The topological polar surface area (TPSA) is 46.9 Å². The third-order valence-corrected chi connectivity index (χ3v) is 5.53. The lowest BCUT2D eigenvalue weighted by atomic mass is 10.1. The molecule has 0 amide bonds. The molecule has 3 aromatic carbocycles. The fraction of sp³-hybridized carbons (Fsp3) is 0.250. The van der Waals surface area contributed by atoms with Crippen molar-refractivity contribution < 1.29 is 10.2 Å². The van der Waals surface area contributed by atoms with Crippen molar-refractivity contribution in [3.05, 3.63) is 95.6 Å². The monoisotopic (exact) mass is 374 g/mol. The molecule has 1 aliphatic rings. The maximum atomic E-state index is 10.3. The van der Waals surface area contributed by atoms with Gasteiger partial charge in [-0.3, -0.25) is 9.80 Å². The number of rotatable bonds is 5. The largest absolute Gasteiger partial charge is 0.508 e. The van der Waals surface area contributed by atoms with Crippen molar-refractivity contribution >= 4 is 0 Å². The number of hydrogen-bond donors (Lipinski definition) is 2. The molecule has 4 rings (SSSR count). The number of phenolic OH excluding ortho intramolecular Hbond substituents is 2. The Balaban J connectivity index is 1.67. The van der Waals surface area contributed by atoms with Gasteiger partial charge in [0.15, 0.2) is 0 Å². The van der Waals surface area contributed by atoms with Crippen LogP contribution in [0.5, 0.6) is 11.5 Å². The van der Waals surface area contributed by atoms with Gasteiger partial charge in [0.25, 0.3) is 0 Å². The van der Waals surface area contributed by atoms with Crippen LogP contribution in [-0.4, -0.2) is 32.6 Å². The highest BCUT2D eigenvalue weighted by atomic mass is 16.3. The zero-order valence-electron chi connectivity index (χ0n) is 16.1. The molecule has 0 saturated carbocycles. The highest BCUT2D eigenvalue weighted by molar-refractivity contribution is 5.34. The van der Waals surface area contributed by atoms with Gasteiger partial charge in [0, 0.05) is 36.8 Å². The van der Waals surface area contributed by atoms with Crippen LogP contribution in [0.3, 0.4) is 0 Å². The van der Waals surface area contributed by atoms with Gasteiger partial charge in [0.2, 0.25) is 0 Å². The summed E-state index contributed by atoms with van der Waals surface area (Å²) in [5, 5.41) is 20.5. The van der Waals surface area contributed by atoms with E-state index in [-0.39, 0.29) is 6.17 Å². The van der Waals surface area contributed by atoms with E-state index in [1.807, 2.05) is 42.5 Å². The number of nitrogens with zero attached hydrogens (tertiary/aromatic N) is 2. The zero-order valence-corrected chi connectivity index (χ0v) is 16.1. The molecule has 0 aromatic heterocycles. The Bertz CT molecular complexity index is 929. The van der Waals surface area contributed by atoms with Gasteiger partial charge in [-0.2, -0.15) is 0 Å². The van der Waals surface area contributed by atoms with Crippen LogP contribution < -0.4 is 0 Å². The van der Waals surface area contributed by atoms with E-state index >= 15 is 0 Å². The standard InChI is InChI=1S/C24H26N2O2/c1-18-15-25(16-20-11-5-7-13-22(20)27)24(19-9-3-2-4-10-19)26(18)17-21-12-6-8-14-23(21)28/h2-14,18,24,27-28H,15-17H2,1H3. The first-order valence-electron chi connectivity index (χ1n) is 9.72. The molecule has 1 fully saturated rings.